The molecule has 6 heteroatoms. The van der Waals surface area contributed by atoms with Crippen LogP contribution >= 0.6 is 0 Å². The highest BCUT2D eigenvalue weighted by Crippen LogP contribution is 2.16. The van der Waals surface area contributed by atoms with Gasteiger partial charge in [0.25, 0.3) is 0 Å². The van der Waals surface area contributed by atoms with Crippen molar-refractivity contribution < 1.29 is 28.6 Å². The smallest absolute Gasteiger partial charge is 0.306 e. The molecule has 0 radical (unpaired) electrons. The van der Waals surface area contributed by atoms with Gasteiger partial charge in [-0.1, -0.05) is 291 Å². The van der Waals surface area contributed by atoms with Crippen molar-refractivity contribution in [1.82, 2.24) is 0 Å². The molecule has 0 saturated carbocycles. The molecule has 1 atom stereocenters. The third-order valence-electron chi connectivity index (χ3n) is 14.8. The van der Waals surface area contributed by atoms with E-state index in [1.54, 1.807) is 0 Å². The fraction of sp³-hybridized carbons (Fsp3) is 0.743. The lowest BCUT2D eigenvalue weighted by Gasteiger charge is -2.18. The molecule has 1 unspecified atom stereocenters. The third kappa shape index (κ3) is 65.1. The molecule has 0 aromatic rings. The van der Waals surface area contributed by atoms with E-state index in [0.29, 0.717) is 19.3 Å². The van der Waals surface area contributed by atoms with Gasteiger partial charge in [-0.15, -0.1) is 0 Å². The summed E-state index contributed by atoms with van der Waals surface area (Å²) in [6.07, 6.45) is 91.3. The predicted molar refractivity (Wildman–Crippen MR) is 348 cm³/mol. The second-order valence-corrected chi connectivity index (χ2v) is 22.7. The molecule has 80 heavy (non-hydrogen) atoms. The summed E-state index contributed by atoms with van der Waals surface area (Å²) in [4.78, 5) is 38.4. The molecule has 0 heterocycles. The van der Waals surface area contributed by atoms with Crippen molar-refractivity contribution in [2.45, 2.75) is 341 Å². The fourth-order valence-electron chi connectivity index (χ4n) is 9.67. The average molecular weight is 1110 g/mol. The first kappa shape index (κ1) is 76.3. The minimum Gasteiger partial charge on any atom is -0.462 e. The molecule has 0 aliphatic carbocycles. The number of rotatable bonds is 62. The highest BCUT2D eigenvalue weighted by molar-refractivity contribution is 5.71. The fourth-order valence-corrected chi connectivity index (χ4v) is 9.67. The van der Waals surface area contributed by atoms with Gasteiger partial charge in [-0.3, -0.25) is 14.4 Å². The van der Waals surface area contributed by atoms with Crippen LogP contribution in [0, 0.1) is 0 Å². The summed E-state index contributed by atoms with van der Waals surface area (Å²) >= 11 is 0. The van der Waals surface area contributed by atoms with Crippen LogP contribution in [0.2, 0.25) is 0 Å². The molecule has 0 amide bonds. The van der Waals surface area contributed by atoms with E-state index in [4.69, 9.17) is 14.2 Å². The molecule has 6 nitrogen and oxygen atoms in total. The van der Waals surface area contributed by atoms with Crippen LogP contribution in [0.3, 0.4) is 0 Å². The summed E-state index contributed by atoms with van der Waals surface area (Å²) < 4.78 is 17.0. The number of unbranched alkanes of at least 4 members (excludes halogenated alkanes) is 35. The molecule has 0 aromatic carbocycles. The number of hydrogen-bond acceptors (Lipinski definition) is 6. The quantitative estimate of drug-likeness (QED) is 0.0261. The lowest BCUT2D eigenvalue weighted by atomic mass is 10.1. The Balaban J connectivity index is 4.41. The van der Waals surface area contributed by atoms with Crippen LogP contribution in [0.1, 0.15) is 335 Å². The zero-order chi connectivity index (χ0) is 57.8. The van der Waals surface area contributed by atoms with E-state index in [1.165, 1.54) is 186 Å². The van der Waals surface area contributed by atoms with Gasteiger partial charge in [-0.2, -0.15) is 0 Å². The Bertz CT molecular complexity index is 1560. The minimum atomic E-state index is -0.789. The maximum Gasteiger partial charge on any atom is 0.306 e. The highest BCUT2D eigenvalue weighted by atomic mass is 16.6. The zero-order valence-corrected chi connectivity index (χ0v) is 52.8. The highest BCUT2D eigenvalue weighted by Gasteiger charge is 2.19. The first-order valence-corrected chi connectivity index (χ1v) is 34.2. The summed E-state index contributed by atoms with van der Waals surface area (Å²) in [6, 6.07) is 0. The third-order valence-corrected chi connectivity index (χ3v) is 14.8. The summed E-state index contributed by atoms with van der Waals surface area (Å²) in [5.41, 5.74) is 0. The molecule has 460 valence electrons. The lowest BCUT2D eigenvalue weighted by molar-refractivity contribution is -0.167. The van der Waals surface area contributed by atoms with Crippen LogP contribution in [0.15, 0.2) is 97.2 Å². The molecule has 0 rings (SSSR count). The van der Waals surface area contributed by atoms with Crippen LogP contribution in [-0.4, -0.2) is 37.2 Å². The van der Waals surface area contributed by atoms with Gasteiger partial charge < -0.3 is 14.2 Å². The Hall–Kier alpha value is -3.67. The Labute approximate surface area is 496 Å². The molecule has 0 aliphatic rings. The molecule has 0 saturated heterocycles. The van der Waals surface area contributed by atoms with Crippen molar-refractivity contribution in [3.05, 3.63) is 97.2 Å². The normalized spacial score (nSPS) is 12.7. The van der Waals surface area contributed by atoms with Crippen molar-refractivity contribution in [3.8, 4) is 0 Å². The van der Waals surface area contributed by atoms with Crippen molar-refractivity contribution >= 4 is 17.9 Å². The van der Waals surface area contributed by atoms with E-state index in [-0.39, 0.29) is 31.1 Å². The lowest BCUT2D eigenvalue weighted by Crippen LogP contribution is -2.30. The topological polar surface area (TPSA) is 78.9 Å². The monoisotopic (exact) mass is 1110 g/mol. The zero-order valence-electron chi connectivity index (χ0n) is 52.8. The molecule has 0 spiro atoms. The van der Waals surface area contributed by atoms with E-state index in [1.807, 2.05) is 0 Å². The summed E-state index contributed by atoms with van der Waals surface area (Å²) in [5.74, 6) is -0.891. The van der Waals surface area contributed by atoms with E-state index in [9.17, 15) is 14.4 Å². The van der Waals surface area contributed by atoms with Crippen LogP contribution < -0.4 is 0 Å². The second kappa shape index (κ2) is 67.8. The van der Waals surface area contributed by atoms with Gasteiger partial charge in [0.15, 0.2) is 6.10 Å². The van der Waals surface area contributed by atoms with Gasteiger partial charge in [0.1, 0.15) is 13.2 Å². The van der Waals surface area contributed by atoms with Gasteiger partial charge in [-0.05, 0) is 122 Å². The molecular formula is C74H128O6. The Morgan fingerprint density at radius 3 is 0.775 bits per heavy atom. The SMILES string of the molecule is CC/C=C\C/C=C\C/C=C\C/C=C\C/C=C\C/C=C\CCCCCCCCC(=O)OCC(COC(=O)CCCCCCCCC/C=C\CCCCCCCCC)OC(=O)CCCCCCCCCCC/C=C\CCCCCCCC. The first-order chi connectivity index (χ1) is 39.5. The van der Waals surface area contributed by atoms with Crippen LogP contribution in [-0.2, 0) is 28.6 Å². The number of allylic oxidation sites excluding steroid dienone is 16. The van der Waals surface area contributed by atoms with Gasteiger partial charge in [0.2, 0.25) is 0 Å². The summed E-state index contributed by atoms with van der Waals surface area (Å²) in [6.45, 7) is 6.54. The van der Waals surface area contributed by atoms with Crippen molar-refractivity contribution in [3.63, 3.8) is 0 Å². The van der Waals surface area contributed by atoms with Crippen molar-refractivity contribution in [2.75, 3.05) is 13.2 Å². The van der Waals surface area contributed by atoms with E-state index >= 15 is 0 Å². The molecule has 0 bridgehead atoms. The van der Waals surface area contributed by atoms with Gasteiger partial charge in [-0.25, -0.2) is 0 Å². The Kier molecular flexibility index (Phi) is 64.7. The van der Waals surface area contributed by atoms with Gasteiger partial charge >= 0.3 is 17.9 Å². The molecule has 0 fully saturated rings. The maximum absolute atomic E-state index is 12.9. The standard InChI is InChI=1S/C74H128O6/c1-4-7-10-13-16-19-22-25-28-31-34-35-36-37-38-39-41-43-46-49-52-55-58-61-64-67-73(76)79-70-71(69-78-72(75)66-63-60-57-54-51-48-45-42-33-30-27-24-21-18-15-12-9-6-3)80-74(77)68-65-62-59-56-53-50-47-44-40-32-29-26-23-20-17-14-11-8-5-2/h7,10,16,19,25-26,28-30,33-35,37-38,41,43,71H,4-6,8-9,11-15,17-18,20-24,27,31-32,36,39-40,42,44-70H2,1-3H3/b10-7-,19-16-,28-25-,29-26-,33-30-,35-34-,38-37-,43-41-. The van der Waals surface area contributed by atoms with E-state index < -0.39 is 6.10 Å². The number of carbonyl (C=O) groups is 3. The number of hydrogen-bond donors (Lipinski definition) is 0. The van der Waals surface area contributed by atoms with Crippen molar-refractivity contribution in [1.29, 1.82) is 0 Å². The van der Waals surface area contributed by atoms with E-state index in [0.717, 1.165) is 109 Å². The molecule has 0 aromatic heterocycles. The minimum absolute atomic E-state index is 0.0839. The number of esters is 3. The van der Waals surface area contributed by atoms with Gasteiger partial charge in [0, 0.05) is 19.3 Å². The Morgan fingerprint density at radius 1 is 0.263 bits per heavy atom. The van der Waals surface area contributed by atoms with E-state index in [2.05, 4.69) is 118 Å². The van der Waals surface area contributed by atoms with Gasteiger partial charge in [0.05, 0.1) is 0 Å². The molecule has 0 N–H and O–H groups in total. The Morgan fingerprint density at radius 2 is 0.487 bits per heavy atom. The van der Waals surface area contributed by atoms with Crippen LogP contribution in [0.4, 0.5) is 0 Å². The summed E-state index contributed by atoms with van der Waals surface area (Å²) in [5, 5.41) is 0. The van der Waals surface area contributed by atoms with Crippen molar-refractivity contribution in [2.24, 2.45) is 0 Å². The number of carbonyl (C=O) groups excluding carboxylic acids is 3. The molecule has 0 aliphatic heterocycles. The molecular weight excluding hydrogens is 985 g/mol. The number of ether oxygens (including phenoxy) is 3. The van der Waals surface area contributed by atoms with Crippen LogP contribution in [0.25, 0.3) is 0 Å². The summed E-state index contributed by atoms with van der Waals surface area (Å²) in [7, 11) is 0. The first-order valence-electron chi connectivity index (χ1n) is 34.2. The largest absolute Gasteiger partial charge is 0.462 e. The van der Waals surface area contributed by atoms with Crippen LogP contribution in [0.5, 0.6) is 0 Å². The average Bonchev–Trinajstić information content (AvgIpc) is 3.46. The predicted octanol–water partition coefficient (Wildman–Crippen LogP) is 23.6. The second-order valence-electron chi connectivity index (χ2n) is 22.7. The maximum atomic E-state index is 12.9.